The first-order valence-corrected chi connectivity index (χ1v) is 6.82. The lowest BCUT2D eigenvalue weighted by Crippen LogP contribution is -2.64. The lowest BCUT2D eigenvalue weighted by Gasteiger charge is -2.53. The number of alkyl halides is 1. The molecule has 22 heavy (non-hydrogen) atoms. The molecule has 1 aliphatic rings. The predicted molar refractivity (Wildman–Crippen MR) is 71.6 cm³/mol. The molecule has 122 valence electrons. The maximum absolute atomic E-state index is 14.6. The highest BCUT2D eigenvalue weighted by molar-refractivity contribution is 5.67. The lowest BCUT2D eigenvalue weighted by atomic mass is 9.69. The fraction of sp³-hybridized carbons (Fsp3) is 0.533. The number of carbonyl (C=O) groups is 1. The molecule has 0 radical (unpaired) electrons. The summed E-state index contributed by atoms with van der Waals surface area (Å²) in [6, 6.07) is 0.856. The van der Waals surface area contributed by atoms with Gasteiger partial charge in [-0.05, 0) is 11.5 Å². The third-order valence-electron chi connectivity index (χ3n) is 4.02. The van der Waals surface area contributed by atoms with Crippen LogP contribution < -0.4 is 0 Å². The molecule has 2 rings (SSSR count). The van der Waals surface area contributed by atoms with E-state index in [1.807, 2.05) is 0 Å². The van der Waals surface area contributed by atoms with Crippen LogP contribution in [0.1, 0.15) is 32.5 Å². The quantitative estimate of drug-likeness (QED) is 0.657. The maximum Gasteiger partial charge on any atom is 0.407 e. The topological polar surface area (TPSA) is 40.5 Å². The Morgan fingerprint density at radius 2 is 1.86 bits per heavy atom. The van der Waals surface area contributed by atoms with Crippen LogP contribution in [0.15, 0.2) is 12.1 Å². The van der Waals surface area contributed by atoms with E-state index in [1.54, 1.807) is 20.8 Å². The molecule has 1 heterocycles. The minimum absolute atomic E-state index is 0.114. The smallest absolute Gasteiger partial charge is 0.407 e. The Hall–Kier alpha value is -1.79. The first-order valence-electron chi connectivity index (χ1n) is 6.82. The summed E-state index contributed by atoms with van der Waals surface area (Å²) in [4.78, 5) is 12.2. The third kappa shape index (κ3) is 2.64. The van der Waals surface area contributed by atoms with Gasteiger partial charge in [-0.25, -0.2) is 22.4 Å². The van der Waals surface area contributed by atoms with Crippen molar-refractivity contribution in [3.8, 4) is 0 Å². The van der Waals surface area contributed by atoms with Crippen molar-refractivity contribution >= 4 is 6.09 Å². The lowest BCUT2D eigenvalue weighted by molar-refractivity contribution is -0.0685. The van der Waals surface area contributed by atoms with Crippen LogP contribution in [0, 0.1) is 28.8 Å². The molecule has 0 saturated carbocycles. The van der Waals surface area contributed by atoms with Gasteiger partial charge in [0, 0.05) is 24.1 Å². The molecular weight excluding hydrogens is 302 g/mol. The van der Waals surface area contributed by atoms with Gasteiger partial charge in [0.2, 0.25) is 0 Å². The van der Waals surface area contributed by atoms with Gasteiger partial charge < -0.3 is 10.0 Å². The Morgan fingerprint density at radius 3 is 2.36 bits per heavy atom. The van der Waals surface area contributed by atoms with Gasteiger partial charge in [0.05, 0.1) is 0 Å². The summed E-state index contributed by atoms with van der Waals surface area (Å²) in [5.74, 6) is -5.48. The Kier molecular flexibility index (Phi) is 4.10. The molecule has 3 atom stereocenters. The van der Waals surface area contributed by atoms with E-state index in [0.717, 1.165) is 11.0 Å². The van der Waals surface area contributed by atoms with Crippen LogP contribution in [0.5, 0.6) is 0 Å². The van der Waals surface area contributed by atoms with Crippen LogP contribution in [-0.4, -0.2) is 28.7 Å². The summed E-state index contributed by atoms with van der Waals surface area (Å²) in [5, 5.41) is 9.09. The minimum atomic E-state index is -1.91. The number of hydrogen-bond acceptors (Lipinski definition) is 1. The largest absolute Gasteiger partial charge is 0.465 e. The Balaban J connectivity index is 2.32. The van der Waals surface area contributed by atoms with E-state index in [1.165, 1.54) is 0 Å². The number of nitrogens with zero attached hydrogens (tertiary/aromatic N) is 1. The van der Waals surface area contributed by atoms with Gasteiger partial charge in [-0.3, -0.25) is 0 Å². The van der Waals surface area contributed by atoms with E-state index < -0.39 is 52.7 Å². The molecule has 3 unspecified atom stereocenters. The highest BCUT2D eigenvalue weighted by atomic mass is 19.2. The zero-order valence-corrected chi connectivity index (χ0v) is 12.4. The van der Waals surface area contributed by atoms with E-state index in [-0.39, 0.29) is 6.54 Å². The summed E-state index contributed by atoms with van der Waals surface area (Å²) in [5.41, 5.74) is -1.15. The molecule has 0 aliphatic carbocycles. The highest BCUT2D eigenvalue weighted by Crippen LogP contribution is 2.46. The number of halogens is 4. The fourth-order valence-electron chi connectivity index (χ4n) is 3.08. The van der Waals surface area contributed by atoms with Gasteiger partial charge in [0.1, 0.15) is 6.17 Å². The van der Waals surface area contributed by atoms with Crippen molar-refractivity contribution < 1.29 is 27.5 Å². The number of carboxylic acid groups (broad SMARTS) is 1. The van der Waals surface area contributed by atoms with E-state index in [4.69, 9.17) is 5.11 Å². The molecule has 7 heteroatoms. The van der Waals surface area contributed by atoms with E-state index in [9.17, 15) is 22.4 Å². The molecule has 3 nitrogen and oxygen atoms in total. The van der Waals surface area contributed by atoms with Crippen molar-refractivity contribution in [2.75, 3.05) is 6.54 Å². The van der Waals surface area contributed by atoms with Gasteiger partial charge in [-0.15, -0.1) is 0 Å². The molecule has 1 aliphatic heterocycles. The molecular formula is C15H17F4NO2. The summed E-state index contributed by atoms with van der Waals surface area (Å²) < 4.78 is 54.5. The molecule has 0 aromatic heterocycles. The minimum Gasteiger partial charge on any atom is -0.465 e. The third-order valence-corrected chi connectivity index (χ3v) is 4.02. The van der Waals surface area contributed by atoms with Crippen LogP contribution in [0.2, 0.25) is 0 Å². The average Bonchev–Trinajstić information content (AvgIpc) is 2.32. The number of rotatable bonds is 2. The van der Waals surface area contributed by atoms with E-state index in [0.29, 0.717) is 6.07 Å². The number of hydrogen-bond donors (Lipinski definition) is 1. The van der Waals surface area contributed by atoms with Crippen molar-refractivity contribution in [3.05, 3.63) is 35.1 Å². The van der Waals surface area contributed by atoms with Gasteiger partial charge in [0.25, 0.3) is 0 Å². The second kappa shape index (κ2) is 5.44. The van der Waals surface area contributed by atoms with Crippen LogP contribution >= 0.6 is 0 Å². The molecule has 1 aromatic carbocycles. The molecule has 1 fully saturated rings. The van der Waals surface area contributed by atoms with Crippen molar-refractivity contribution in [3.63, 3.8) is 0 Å². The van der Waals surface area contributed by atoms with Gasteiger partial charge in [0.15, 0.2) is 17.5 Å². The SMILES string of the molecule is CC(C)(C)C1C(C(F)c2ccc(F)c(F)c2F)CN1C(=O)O. The molecule has 1 N–H and O–H groups in total. The zero-order chi connectivity index (χ0) is 16.8. The van der Waals surface area contributed by atoms with Crippen LogP contribution in [0.25, 0.3) is 0 Å². The maximum atomic E-state index is 14.6. The molecule has 1 saturated heterocycles. The van der Waals surface area contributed by atoms with Crippen molar-refractivity contribution in [1.29, 1.82) is 0 Å². The van der Waals surface area contributed by atoms with E-state index in [2.05, 4.69) is 0 Å². The second-order valence-electron chi connectivity index (χ2n) is 6.58. The first-order chi connectivity index (χ1) is 10.1. The van der Waals surface area contributed by atoms with Crippen molar-refractivity contribution in [1.82, 2.24) is 4.90 Å². The highest BCUT2D eigenvalue weighted by Gasteiger charge is 2.52. The number of amides is 1. The summed E-state index contributed by atoms with van der Waals surface area (Å²) in [6.45, 7) is 5.12. The Labute approximate surface area is 125 Å². The number of likely N-dealkylation sites (tertiary alicyclic amines) is 1. The van der Waals surface area contributed by atoms with Gasteiger partial charge in [-0.2, -0.15) is 0 Å². The standard InChI is InChI=1S/C15H17F4NO2/c1-15(2,3)13-8(6-20(13)14(21)22)10(17)7-4-5-9(16)12(19)11(7)18/h4-5,8,10,13H,6H2,1-3H3,(H,21,22). The summed E-state index contributed by atoms with van der Waals surface area (Å²) in [6.07, 6.45) is -3.09. The molecule has 0 bridgehead atoms. The fourth-order valence-corrected chi connectivity index (χ4v) is 3.08. The second-order valence-corrected chi connectivity index (χ2v) is 6.58. The zero-order valence-electron chi connectivity index (χ0n) is 12.4. The number of benzene rings is 1. The Bertz CT molecular complexity index is 600. The van der Waals surface area contributed by atoms with Crippen molar-refractivity contribution in [2.45, 2.75) is 33.0 Å². The monoisotopic (exact) mass is 319 g/mol. The summed E-state index contributed by atoms with van der Waals surface area (Å²) in [7, 11) is 0. The Morgan fingerprint density at radius 1 is 1.27 bits per heavy atom. The van der Waals surface area contributed by atoms with Crippen LogP contribution in [0.3, 0.4) is 0 Å². The average molecular weight is 319 g/mol. The molecule has 0 spiro atoms. The van der Waals surface area contributed by atoms with Crippen LogP contribution in [0.4, 0.5) is 22.4 Å². The van der Waals surface area contributed by atoms with Crippen molar-refractivity contribution in [2.24, 2.45) is 11.3 Å². The van der Waals surface area contributed by atoms with Crippen LogP contribution in [-0.2, 0) is 0 Å². The summed E-state index contributed by atoms with van der Waals surface area (Å²) >= 11 is 0. The van der Waals surface area contributed by atoms with E-state index >= 15 is 0 Å². The predicted octanol–water partition coefficient (Wildman–Crippen LogP) is 4.14. The first kappa shape index (κ1) is 16.6. The molecule has 1 amide bonds. The van der Waals surface area contributed by atoms with Gasteiger partial charge >= 0.3 is 6.09 Å². The normalized spacial score (nSPS) is 23.1. The van der Waals surface area contributed by atoms with Gasteiger partial charge in [-0.1, -0.05) is 26.8 Å². The molecule has 1 aromatic rings.